The minimum Gasteiger partial charge on any atom is -0.353 e. The van der Waals surface area contributed by atoms with E-state index < -0.39 is 11.7 Å². The van der Waals surface area contributed by atoms with Crippen LogP contribution in [0.2, 0.25) is 5.02 Å². The van der Waals surface area contributed by atoms with Crippen molar-refractivity contribution in [3.8, 4) is 6.07 Å². The van der Waals surface area contributed by atoms with Crippen LogP contribution in [0.1, 0.15) is 45.5 Å². The fraction of sp³-hybridized carbons (Fsp3) is 0.333. The van der Waals surface area contributed by atoms with Crippen LogP contribution in [-0.2, 0) is 25.4 Å². The number of piperazine rings is 1. The molecule has 1 aliphatic rings. The number of alkyl halides is 3. The smallest absolute Gasteiger partial charge is 0.353 e. The Kier molecular flexibility index (Phi) is 7.98. The molecule has 2 heterocycles. The lowest BCUT2D eigenvalue weighted by Crippen LogP contribution is -2.49. The van der Waals surface area contributed by atoms with E-state index in [1.807, 2.05) is 11.8 Å². The number of amides is 1. The van der Waals surface area contributed by atoms with E-state index in [0.717, 1.165) is 17.7 Å². The molecule has 1 saturated heterocycles. The number of halogens is 4. The standard InChI is InChI=1S/C27H25ClF3N5O/c1-2-23-21(17-18-6-5-7-19(16-18)27(29,30)31)25(34-24(33-23)10-11-32)35-12-14-36(15-13-35)26(37)20-8-3-4-9-22(20)28/h3-9,16H,2,10,12-15,17H2,1H3. The van der Waals surface area contributed by atoms with E-state index in [2.05, 4.69) is 16.0 Å². The normalized spacial score (nSPS) is 13.9. The van der Waals surface area contributed by atoms with E-state index in [-0.39, 0.29) is 18.7 Å². The van der Waals surface area contributed by atoms with Crippen LogP contribution in [0.3, 0.4) is 0 Å². The zero-order chi connectivity index (χ0) is 26.6. The lowest BCUT2D eigenvalue weighted by Gasteiger charge is -2.36. The average molecular weight is 528 g/mol. The number of aryl methyl sites for hydroxylation is 1. The molecule has 4 rings (SSSR count). The van der Waals surface area contributed by atoms with Crippen molar-refractivity contribution in [2.24, 2.45) is 0 Å². The number of benzene rings is 2. The highest BCUT2D eigenvalue weighted by Gasteiger charge is 2.31. The molecule has 1 amide bonds. The van der Waals surface area contributed by atoms with Gasteiger partial charge in [0.15, 0.2) is 0 Å². The minimum atomic E-state index is -4.44. The van der Waals surface area contributed by atoms with Crippen molar-refractivity contribution in [1.29, 1.82) is 5.26 Å². The fourth-order valence-corrected chi connectivity index (χ4v) is 4.66. The Bertz CT molecular complexity index is 1330. The van der Waals surface area contributed by atoms with Crippen LogP contribution in [0.15, 0.2) is 48.5 Å². The molecule has 1 aromatic heterocycles. The molecule has 0 bridgehead atoms. The zero-order valence-electron chi connectivity index (χ0n) is 20.2. The number of anilines is 1. The predicted octanol–water partition coefficient (Wildman–Crippen LogP) is 5.33. The van der Waals surface area contributed by atoms with E-state index in [9.17, 15) is 23.2 Å². The summed E-state index contributed by atoms with van der Waals surface area (Å²) in [4.78, 5) is 25.9. The van der Waals surface area contributed by atoms with Crippen LogP contribution in [0, 0.1) is 11.3 Å². The number of carbonyl (C=O) groups excluding carboxylic acids is 1. The predicted molar refractivity (Wildman–Crippen MR) is 135 cm³/mol. The molecule has 0 spiro atoms. The van der Waals surface area contributed by atoms with Gasteiger partial charge in [0.2, 0.25) is 0 Å². The second-order valence-corrected chi connectivity index (χ2v) is 9.12. The van der Waals surface area contributed by atoms with Gasteiger partial charge in [-0.3, -0.25) is 4.79 Å². The Morgan fingerprint density at radius 3 is 2.46 bits per heavy atom. The van der Waals surface area contributed by atoms with Gasteiger partial charge in [-0.05, 0) is 30.2 Å². The first kappa shape index (κ1) is 26.4. The molecule has 1 fully saturated rings. The number of nitriles is 1. The molecule has 2 aromatic carbocycles. The lowest BCUT2D eigenvalue weighted by atomic mass is 9.99. The molecule has 3 aromatic rings. The molecule has 10 heteroatoms. The number of rotatable bonds is 6. The van der Waals surface area contributed by atoms with Crippen molar-refractivity contribution in [2.75, 3.05) is 31.1 Å². The molecular formula is C27H25ClF3N5O. The number of aromatic nitrogens is 2. The highest BCUT2D eigenvalue weighted by Crippen LogP contribution is 2.32. The van der Waals surface area contributed by atoms with Gasteiger partial charge in [-0.25, -0.2) is 9.97 Å². The summed E-state index contributed by atoms with van der Waals surface area (Å²) < 4.78 is 39.9. The van der Waals surface area contributed by atoms with E-state index in [4.69, 9.17) is 11.6 Å². The third-order valence-corrected chi connectivity index (χ3v) is 6.62. The summed E-state index contributed by atoms with van der Waals surface area (Å²) in [7, 11) is 0. The molecular weight excluding hydrogens is 503 g/mol. The summed E-state index contributed by atoms with van der Waals surface area (Å²) in [5.74, 6) is 0.813. The van der Waals surface area contributed by atoms with E-state index in [1.54, 1.807) is 35.2 Å². The van der Waals surface area contributed by atoms with Crippen molar-refractivity contribution in [2.45, 2.75) is 32.4 Å². The minimum absolute atomic E-state index is 0.0226. The van der Waals surface area contributed by atoms with E-state index in [0.29, 0.717) is 66.1 Å². The summed E-state index contributed by atoms with van der Waals surface area (Å²) >= 11 is 6.21. The Morgan fingerprint density at radius 1 is 1.08 bits per heavy atom. The molecule has 1 aliphatic heterocycles. The molecule has 37 heavy (non-hydrogen) atoms. The lowest BCUT2D eigenvalue weighted by molar-refractivity contribution is -0.137. The monoisotopic (exact) mass is 527 g/mol. The van der Waals surface area contributed by atoms with E-state index in [1.165, 1.54) is 6.07 Å². The second-order valence-electron chi connectivity index (χ2n) is 8.71. The Labute approximate surface area is 218 Å². The van der Waals surface area contributed by atoms with E-state index >= 15 is 0 Å². The van der Waals surface area contributed by atoms with Crippen molar-refractivity contribution in [3.63, 3.8) is 0 Å². The first-order valence-electron chi connectivity index (χ1n) is 11.9. The van der Waals surface area contributed by atoms with Crippen LogP contribution in [0.5, 0.6) is 0 Å². The van der Waals surface area contributed by atoms with Gasteiger partial charge in [0.05, 0.1) is 28.6 Å². The number of hydrogen-bond donors (Lipinski definition) is 0. The zero-order valence-corrected chi connectivity index (χ0v) is 21.0. The first-order valence-corrected chi connectivity index (χ1v) is 12.3. The average Bonchev–Trinajstić information content (AvgIpc) is 2.89. The van der Waals surface area contributed by atoms with Gasteiger partial charge in [-0.1, -0.05) is 48.9 Å². The van der Waals surface area contributed by atoms with Crippen molar-refractivity contribution >= 4 is 23.3 Å². The van der Waals surface area contributed by atoms with Crippen LogP contribution in [0.25, 0.3) is 0 Å². The number of nitrogens with zero attached hydrogens (tertiary/aromatic N) is 5. The van der Waals surface area contributed by atoms with Gasteiger partial charge in [-0.15, -0.1) is 0 Å². The summed E-state index contributed by atoms with van der Waals surface area (Å²) in [5, 5.41) is 9.61. The Balaban J connectivity index is 1.63. The highest BCUT2D eigenvalue weighted by atomic mass is 35.5. The fourth-order valence-electron chi connectivity index (χ4n) is 4.44. The molecule has 6 nitrogen and oxygen atoms in total. The number of carbonyl (C=O) groups is 1. The van der Waals surface area contributed by atoms with Gasteiger partial charge in [0.1, 0.15) is 11.6 Å². The van der Waals surface area contributed by atoms with Crippen LogP contribution < -0.4 is 4.90 Å². The molecule has 0 atom stereocenters. The molecule has 0 saturated carbocycles. The van der Waals surface area contributed by atoms with Crippen LogP contribution in [0.4, 0.5) is 19.0 Å². The van der Waals surface area contributed by atoms with Crippen molar-refractivity contribution in [1.82, 2.24) is 14.9 Å². The quantitative estimate of drug-likeness (QED) is 0.433. The first-order chi connectivity index (χ1) is 17.7. The second kappa shape index (κ2) is 11.2. The summed E-state index contributed by atoms with van der Waals surface area (Å²) in [6.45, 7) is 3.70. The highest BCUT2D eigenvalue weighted by molar-refractivity contribution is 6.33. The SMILES string of the molecule is CCc1nc(CC#N)nc(N2CCN(C(=O)c3ccccc3Cl)CC2)c1Cc1cccc(C(F)(F)F)c1. The maximum Gasteiger partial charge on any atom is 0.416 e. The molecule has 0 unspecified atom stereocenters. The molecule has 0 aliphatic carbocycles. The molecule has 0 radical (unpaired) electrons. The summed E-state index contributed by atoms with van der Waals surface area (Å²) in [6.07, 6.45) is -3.67. The van der Waals surface area contributed by atoms with Gasteiger partial charge in [-0.2, -0.15) is 18.4 Å². The largest absolute Gasteiger partial charge is 0.416 e. The Morgan fingerprint density at radius 2 is 1.81 bits per heavy atom. The van der Waals surface area contributed by atoms with Crippen LogP contribution in [-0.4, -0.2) is 47.0 Å². The van der Waals surface area contributed by atoms with Gasteiger partial charge in [0, 0.05) is 43.9 Å². The Hall–Kier alpha value is -3.64. The molecule has 192 valence electrons. The number of hydrogen-bond acceptors (Lipinski definition) is 5. The summed E-state index contributed by atoms with van der Waals surface area (Å²) in [6, 6.07) is 14.2. The van der Waals surface area contributed by atoms with Gasteiger partial charge >= 0.3 is 6.18 Å². The third kappa shape index (κ3) is 6.03. The van der Waals surface area contributed by atoms with Gasteiger partial charge < -0.3 is 9.80 Å². The maximum absolute atomic E-state index is 13.3. The molecule has 0 N–H and O–H groups in total. The van der Waals surface area contributed by atoms with Crippen molar-refractivity contribution < 1.29 is 18.0 Å². The van der Waals surface area contributed by atoms with Crippen LogP contribution >= 0.6 is 11.6 Å². The third-order valence-electron chi connectivity index (χ3n) is 6.30. The topological polar surface area (TPSA) is 73.1 Å². The maximum atomic E-state index is 13.3. The van der Waals surface area contributed by atoms with Crippen molar-refractivity contribution in [3.05, 3.63) is 87.3 Å². The summed E-state index contributed by atoms with van der Waals surface area (Å²) in [5.41, 5.74) is 1.65. The van der Waals surface area contributed by atoms with Gasteiger partial charge in [0.25, 0.3) is 5.91 Å².